The summed E-state index contributed by atoms with van der Waals surface area (Å²) < 4.78 is 47.3. The van der Waals surface area contributed by atoms with Crippen molar-refractivity contribution in [1.29, 1.82) is 0 Å². The molecule has 0 bridgehead atoms. The molecule has 34 heavy (non-hydrogen) atoms. The Morgan fingerprint density at radius 1 is 1.12 bits per heavy atom. The molecule has 0 amide bonds. The van der Waals surface area contributed by atoms with Crippen molar-refractivity contribution in [3.8, 4) is 0 Å². The van der Waals surface area contributed by atoms with E-state index < -0.39 is 12.0 Å². The summed E-state index contributed by atoms with van der Waals surface area (Å²) in [5.41, 5.74) is 2.47. The molecule has 0 aromatic carbocycles. The average molecular weight is 496 g/mol. The first-order chi connectivity index (χ1) is 16.3. The van der Waals surface area contributed by atoms with Gasteiger partial charge in [0.05, 0.1) is 22.7 Å². The lowest BCUT2D eigenvalue weighted by Crippen LogP contribution is -2.68. The number of hydrogen-bond acceptors (Lipinski definition) is 9. The zero-order valence-electron chi connectivity index (χ0n) is 19.0. The molecule has 4 aliphatic rings. The topological polar surface area (TPSA) is 69.7 Å². The lowest BCUT2D eigenvalue weighted by molar-refractivity contribution is -0.144. The standard InChI is InChI=1S/C22H28F3N7OS/c1-14-16(30-8-4-26-5-9-30)11-32(14)18-10-17(28-20(29-18)22(23,24)25)31-6-2-21(3-7-31)19-15(12-33-21)27-13-34-19/h10,13-14,16,26H,2-9,11-12H2,1H3/t14-,16-/m1/s1. The number of nitrogens with one attached hydrogen (secondary N) is 1. The number of piperazine rings is 1. The Bertz CT molecular complexity index is 1050. The van der Waals surface area contributed by atoms with Crippen LogP contribution in [0.15, 0.2) is 11.6 Å². The summed E-state index contributed by atoms with van der Waals surface area (Å²) in [4.78, 5) is 19.8. The molecule has 0 radical (unpaired) electrons. The second-order valence-corrected chi connectivity index (χ2v) is 10.4. The molecule has 2 atom stereocenters. The van der Waals surface area contributed by atoms with Crippen LogP contribution in [0.1, 0.15) is 36.2 Å². The van der Waals surface area contributed by atoms with Crippen LogP contribution in [0, 0.1) is 0 Å². The summed E-state index contributed by atoms with van der Waals surface area (Å²) in [6.45, 7) is 8.23. The molecule has 6 rings (SSSR count). The number of aromatic nitrogens is 3. The number of halogens is 3. The molecular weight excluding hydrogens is 467 g/mol. The van der Waals surface area contributed by atoms with Gasteiger partial charge in [-0.3, -0.25) is 4.90 Å². The summed E-state index contributed by atoms with van der Waals surface area (Å²) >= 11 is 1.61. The van der Waals surface area contributed by atoms with Gasteiger partial charge in [0.25, 0.3) is 0 Å². The number of ether oxygens (including phenoxy) is 1. The maximum atomic E-state index is 13.7. The second kappa shape index (κ2) is 8.28. The first-order valence-electron chi connectivity index (χ1n) is 11.8. The Morgan fingerprint density at radius 2 is 1.85 bits per heavy atom. The molecule has 3 fully saturated rings. The third-order valence-corrected chi connectivity index (χ3v) is 8.79. The van der Waals surface area contributed by atoms with Crippen LogP contribution in [0.2, 0.25) is 0 Å². The van der Waals surface area contributed by atoms with E-state index in [2.05, 4.69) is 32.1 Å². The van der Waals surface area contributed by atoms with Gasteiger partial charge in [-0.2, -0.15) is 13.2 Å². The van der Waals surface area contributed by atoms with Crippen LogP contribution in [0.3, 0.4) is 0 Å². The highest BCUT2D eigenvalue weighted by Gasteiger charge is 2.46. The van der Waals surface area contributed by atoms with Gasteiger partial charge in [0.2, 0.25) is 5.82 Å². The van der Waals surface area contributed by atoms with E-state index in [0.29, 0.717) is 56.8 Å². The summed E-state index contributed by atoms with van der Waals surface area (Å²) in [6.07, 6.45) is -3.19. The number of hydrogen-bond donors (Lipinski definition) is 1. The zero-order chi connectivity index (χ0) is 23.5. The highest BCUT2D eigenvalue weighted by molar-refractivity contribution is 7.10. The Kier molecular flexibility index (Phi) is 5.47. The first kappa shape index (κ1) is 22.4. The molecule has 0 unspecified atom stereocenters. The van der Waals surface area contributed by atoms with E-state index in [0.717, 1.165) is 31.9 Å². The van der Waals surface area contributed by atoms with Crippen molar-refractivity contribution in [2.24, 2.45) is 0 Å². The number of fused-ring (bicyclic) bond motifs is 2. The molecule has 0 aliphatic carbocycles. The van der Waals surface area contributed by atoms with Crippen LogP contribution in [-0.2, 0) is 23.1 Å². The normalized spacial score (nSPS) is 27.2. The molecule has 1 N–H and O–H groups in total. The Balaban J connectivity index is 1.22. The molecule has 6 heterocycles. The van der Waals surface area contributed by atoms with Gasteiger partial charge in [0.1, 0.15) is 17.2 Å². The molecule has 4 aliphatic heterocycles. The van der Waals surface area contributed by atoms with Gasteiger partial charge >= 0.3 is 6.18 Å². The van der Waals surface area contributed by atoms with E-state index in [1.807, 2.05) is 15.3 Å². The number of thiazole rings is 1. The van der Waals surface area contributed by atoms with E-state index >= 15 is 0 Å². The van der Waals surface area contributed by atoms with Gasteiger partial charge in [-0.05, 0) is 19.8 Å². The Labute approximate surface area is 200 Å². The quantitative estimate of drug-likeness (QED) is 0.697. The number of nitrogens with zero attached hydrogens (tertiary/aromatic N) is 6. The van der Waals surface area contributed by atoms with Gasteiger partial charge in [0.15, 0.2) is 0 Å². The fraction of sp³-hybridized carbons (Fsp3) is 0.682. The molecule has 2 aromatic rings. The van der Waals surface area contributed by atoms with E-state index in [1.54, 1.807) is 17.4 Å². The highest BCUT2D eigenvalue weighted by Crippen LogP contribution is 2.46. The van der Waals surface area contributed by atoms with E-state index in [4.69, 9.17) is 4.74 Å². The molecule has 8 nitrogen and oxygen atoms in total. The highest BCUT2D eigenvalue weighted by atomic mass is 32.1. The van der Waals surface area contributed by atoms with Crippen LogP contribution in [0.5, 0.6) is 0 Å². The number of piperidine rings is 1. The van der Waals surface area contributed by atoms with Crippen molar-refractivity contribution in [2.45, 2.75) is 50.2 Å². The monoisotopic (exact) mass is 495 g/mol. The molecule has 12 heteroatoms. The van der Waals surface area contributed by atoms with Crippen molar-refractivity contribution in [3.05, 3.63) is 28.0 Å². The largest absolute Gasteiger partial charge is 0.451 e. The van der Waals surface area contributed by atoms with E-state index in [9.17, 15) is 13.2 Å². The van der Waals surface area contributed by atoms with Crippen LogP contribution in [0.4, 0.5) is 24.8 Å². The fourth-order valence-corrected chi connectivity index (χ4v) is 6.68. The fourth-order valence-electron chi connectivity index (χ4n) is 5.67. The van der Waals surface area contributed by atoms with Crippen molar-refractivity contribution in [3.63, 3.8) is 0 Å². The molecule has 184 valence electrons. The van der Waals surface area contributed by atoms with Crippen molar-refractivity contribution < 1.29 is 17.9 Å². The molecule has 1 spiro atoms. The van der Waals surface area contributed by atoms with Crippen LogP contribution < -0.4 is 15.1 Å². The number of rotatable bonds is 3. The number of anilines is 2. The first-order valence-corrected chi connectivity index (χ1v) is 12.7. The lowest BCUT2D eigenvalue weighted by atomic mass is 9.90. The third kappa shape index (κ3) is 3.75. The minimum atomic E-state index is -4.60. The van der Waals surface area contributed by atoms with Crippen LogP contribution in [-0.4, -0.2) is 77.7 Å². The van der Waals surface area contributed by atoms with Gasteiger partial charge in [-0.25, -0.2) is 15.0 Å². The van der Waals surface area contributed by atoms with E-state index in [-0.39, 0.29) is 11.6 Å². The lowest BCUT2D eigenvalue weighted by Gasteiger charge is -2.53. The maximum absolute atomic E-state index is 13.7. The van der Waals surface area contributed by atoms with E-state index in [1.165, 1.54) is 4.88 Å². The minimum Gasteiger partial charge on any atom is -0.363 e. The van der Waals surface area contributed by atoms with Crippen molar-refractivity contribution in [1.82, 2.24) is 25.2 Å². The smallest absolute Gasteiger partial charge is 0.363 e. The van der Waals surface area contributed by atoms with Gasteiger partial charge < -0.3 is 19.9 Å². The minimum absolute atomic E-state index is 0.100. The van der Waals surface area contributed by atoms with Gasteiger partial charge in [-0.15, -0.1) is 11.3 Å². The predicted molar refractivity (Wildman–Crippen MR) is 122 cm³/mol. The Morgan fingerprint density at radius 3 is 2.56 bits per heavy atom. The summed E-state index contributed by atoms with van der Waals surface area (Å²) in [6, 6.07) is 2.16. The van der Waals surface area contributed by atoms with Crippen molar-refractivity contribution >= 4 is 23.0 Å². The average Bonchev–Trinajstić information content (AvgIpc) is 3.43. The molecule has 3 saturated heterocycles. The Hall–Kier alpha value is -2.02. The number of alkyl halides is 3. The van der Waals surface area contributed by atoms with Gasteiger partial charge in [-0.1, -0.05) is 0 Å². The third-order valence-electron chi connectivity index (χ3n) is 7.74. The summed E-state index contributed by atoms with van der Waals surface area (Å²) in [5.74, 6) is -0.370. The summed E-state index contributed by atoms with van der Waals surface area (Å²) in [5, 5.41) is 3.35. The zero-order valence-corrected chi connectivity index (χ0v) is 19.8. The second-order valence-electron chi connectivity index (χ2n) is 9.55. The van der Waals surface area contributed by atoms with Gasteiger partial charge in [0, 0.05) is 64.0 Å². The maximum Gasteiger partial charge on any atom is 0.451 e. The van der Waals surface area contributed by atoms with Crippen LogP contribution in [0.25, 0.3) is 0 Å². The van der Waals surface area contributed by atoms with Crippen molar-refractivity contribution in [2.75, 3.05) is 55.6 Å². The SMILES string of the molecule is C[C@@H]1[C@H](N2CCNCC2)CN1c1cc(N2CCC3(CC2)OCc2ncsc23)nc(C(F)(F)F)n1. The molecule has 2 aromatic heterocycles. The molecular formula is C22H28F3N7OS. The van der Waals surface area contributed by atoms with Crippen LogP contribution >= 0.6 is 11.3 Å². The molecule has 0 saturated carbocycles. The summed E-state index contributed by atoms with van der Waals surface area (Å²) in [7, 11) is 0. The predicted octanol–water partition coefficient (Wildman–Crippen LogP) is 2.46.